The van der Waals surface area contributed by atoms with Crippen LogP contribution in [0, 0.1) is 0 Å². The van der Waals surface area contributed by atoms with Crippen molar-refractivity contribution < 1.29 is 4.79 Å². The van der Waals surface area contributed by atoms with Crippen LogP contribution in [-0.4, -0.2) is 11.4 Å². The Balaban J connectivity index is 2.68. The first-order valence-electron chi connectivity index (χ1n) is 3.89. The minimum atomic E-state index is 0.737. The van der Waals surface area contributed by atoms with Crippen LogP contribution in [0.15, 0.2) is 36.5 Å². The third kappa shape index (κ3) is 1.36. The van der Waals surface area contributed by atoms with Crippen molar-refractivity contribution >= 4 is 23.0 Å². The molecule has 1 N–H and O–H groups in total. The van der Waals surface area contributed by atoms with Gasteiger partial charge in [0.15, 0.2) is 0 Å². The highest BCUT2D eigenvalue weighted by molar-refractivity contribution is 5.95. The van der Waals surface area contributed by atoms with Crippen molar-refractivity contribution in [2.45, 2.75) is 0 Å². The average Bonchev–Trinajstić information content (AvgIpc) is 2.19. The first-order chi connectivity index (χ1) is 6.42. The molecular formula is C10H7N2O. The zero-order chi connectivity index (χ0) is 9.10. The van der Waals surface area contributed by atoms with Crippen LogP contribution >= 0.6 is 0 Å². The molecule has 0 aliphatic carbocycles. The van der Waals surface area contributed by atoms with Crippen molar-refractivity contribution in [2.24, 2.45) is 0 Å². The number of fused-ring (bicyclic) bond motifs is 1. The summed E-state index contributed by atoms with van der Waals surface area (Å²) >= 11 is 0. The molecular weight excluding hydrogens is 164 g/mol. The molecule has 1 aromatic carbocycles. The molecule has 13 heavy (non-hydrogen) atoms. The van der Waals surface area contributed by atoms with E-state index >= 15 is 0 Å². The number of anilines is 1. The lowest BCUT2D eigenvalue weighted by molar-refractivity contribution is 0.561. The summed E-state index contributed by atoms with van der Waals surface area (Å²) < 4.78 is 0. The topological polar surface area (TPSA) is 42.0 Å². The van der Waals surface area contributed by atoms with Gasteiger partial charge in [0.2, 0.25) is 0 Å². The lowest BCUT2D eigenvalue weighted by Crippen LogP contribution is -1.94. The van der Waals surface area contributed by atoms with Gasteiger partial charge in [-0.2, -0.15) is 0 Å². The molecule has 0 aliphatic rings. The molecule has 2 aromatic rings. The van der Waals surface area contributed by atoms with E-state index in [4.69, 9.17) is 0 Å². The van der Waals surface area contributed by atoms with Gasteiger partial charge in [0.25, 0.3) is 0 Å². The molecule has 3 heteroatoms. The van der Waals surface area contributed by atoms with E-state index in [1.165, 1.54) is 0 Å². The molecule has 2 rings (SSSR count). The number of aromatic nitrogens is 1. The van der Waals surface area contributed by atoms with E-state index in [0.717, 1.165) is 16.6 Å². The Hall–Kier alpha value is -1.90. The fourth-order valence-corrected chi connectivity index (χ4v) is 1.27. The smallest absolute Gasteiger partial charge is 0.314 e. The van der Waals surface area contributed by atoms with Crippen LogP contribution in [-0.2, 0) is 4.79 Å². The Kier molecular flexibility index (Phi) is 1.92. The van der Waals surface area contributed by atoms with E-state index in [-0.39, 0.29) is 0 Å². The van der Waals surface area contributed by atoms with Crippen LogP contribution in [0.5, 0.6) is 0 Å². The predicted octanol–water partition coefficient (Wildman–Crippen LogP) is 1.71. The second-order valence-electron chi connectivity index (χ2n) is 2.60. The molecule has 1 radical (unpaired) electrons. The minimum absolute atomic E-state index is 0.737. The summed E-state index contributed by atoms with van der Waals surface area (Å²) in [6.07, 6.45) is 3.37. The first-order valence-corrected chi connectivity index (χ1v) is 3.89. The van der Waals surface area contributed by atoms with Crippen LogP contribution < -0.4 is 5.32 Å². The maximum absolute atomic E-state index is 10.2. The van der Waals surface area contributed by atoms with Gasteiger partial charge >= 0.3 is 6.41 Å². The number of hydrogen-bond acceptors (Lipinski definition) is 2. The van der Waals surface area contributed by atoms with Gasteiger partial charge in [-0.3, -0.25) is 9.78 Å². The standard InChI is InChI=1S/C10H7N2O/c13-7-12-10-5-1-4-9-8(10)3-2-6-11-9/h1-6H,(H,12,13). The molecule has 0 spiro atoms. The number of nitrogens with zero attached hydrogens (tertiary/aromatic N) is 1. The van der Waals surface area contributed by atoms with Crippen LogP contribution in [0.3, 0.4) is 0 Å². The van der Waals surface area contributed by atoms with Crippen molar-refractivity contribution in [3.05, 3.63) is 36.5 Å². The molecule has 1 amide bonds. The SMILES string of the molecule is O=[C]Nc1cccc2ncccc12. The fourth-order valence-electron chi connectivity index (χ4n) is 1.27. The number of benzene rings is 1. The largest absolute Gasteiger partial charge is 0.317 e. The van der Waals surface area contributed by atoms with Gasteiger partial charge in [0.05, 0.1) is 11.2 Å². The Bertz CT molecular complexity index is 434. The molecule has 0 saturated carbocycles. The second-order valence-corrected chi connectivity index (χ2v) is 2.60. The maximum atomic E-state index is 10.2. The Labute approximate surface area is 75.4 Å². The number of rotatable bonds is 2. The van der Waals surface area contributed by atoms with E-state index in [0.29, 0.717) is 0 Å². The molecule has 0 aliphatic heterocycles. The van der Waals surface area contributed by atoms with Crippen LogP contribution in [0.4, 0.5) is 5.69 Å². The molecule has 0 fully saturated rings. The van der Waals surface area contributed by atoms with Crippen molar-refractivity contribution in [3.63, 3.8) is 0 Å². The molecule has 0 atom stereocenters. The van der Waals surface area contributed by atoms with Crippen LogP contribution in [0.1, 0.15) is 0 Å². The molecule has 1 aromatic heterocycles. The highest BCUT2D eigenvalue weighted by Crippen LogP contribution is 2.20. The number of amides is 1. The quantitative estimate of drug-likeness (QED) is 0.699. The highest BCUT2D eigenvalue weighted by atomic mass is 16.1. The van der Waals surface area contributed by atoms with Gasteiger partial charge in [-0.25, -0.2) is 0 Å². The summed E-state index contributed by atoms with van der Waals surface area (Å²) in [6.45, 7) is 0. The lowest BCUT2D eigenvalue weighted by Gasteiger charge is -2.01. The number of pyridine rings is 1. The predicted molar refractivity (Wildman–Crippen MR) is 51.1 cm³/mol. The third-order valence-corrected chi connectivity index (χ3v) is 1.83. The molecule has 0 bridgehead atoms. The fraction of sp³-hybridized carbons (Fsp3) is 0. The Morgan fingerprint density at radius 1 is 1.23 bits per heavy atom. The van der Waals surface area contributed by atoms with E-state index in [9.17, 15) is 4.79 Å². The summed E-state index contributed by atoms with van der Waals surface area (Å²) in [5, 5.41) is 3.43. The highest BCUT2D eigenvalue weighted by Gasteiger charge is 1.98. The normalized spacial score (nSPS) is 9.85. The van der Waals surface area contributed by atoms with Crippen molar-refractivity contribution in [2.75, 3.05) is 5.32 Å². The van der Waals surface area contributed by atoms with Gasteiger partial charge in [-0.1, -0.05) is 6.07 Å². The molecule has 63 valence electrons. The second kappa shape index (κ2) is 3.23. The van der Waals surface area contributed by atoms with Crippen molar-refractivity contribution in [1.82, 2.24) is 4.98 Å². The van der Waals surface area contributed by atoms with Crippen LogP contribution in [0.25, 0.3) is 10.9 Å². The summed E-state index contributed by atoms with van der Waals surface area (Å²) in [5.74, 6) is 0. The monoisotopic (exact) mass is 171 g/mol. The van der Waals surface area contributed by atoms with Gasteiger partial charge in [-0.15, -0.1) is 0 Å². The molecule has 0 saturated heterocycles. The van der Waals surface area contributed by atoms with Crippen molar-refractivity contribution in [1.29, 1.82) is 0 Å². The van der Waals surface area contributed by atoms with E-state index < -0.39 is 0 Å². The van der Waals surface area contributed by atoms with E-state index in [1.54, 1.807) is 12.6 Å². The number of hydrogen-bond donors (Lipinski definition) is 1. The zero-order valence-electron chi connectivity index (χ0n) is 6.82. The summed E-state index contributed by atoms with van der Waals surface area (Å²) in [7, 11) is 0. The van der Waals surface area contributed by atoms with Gasteiger partial charge < -0.3 is 5.32 Å². The minimum Gasteiger partial charge on any atom is -0.317 e. The third-order valence-electron chi connectivity index (χ3n) is 1.83. The molecule has 3 nitrogen and oxygen atoms in total. The molecule has 1 heterocycles. The Morgan fingerprint density at radius 2 is 2.15 bits per heavy atom. The van der Waals surface area contributed by atoms with Gasteiger partial charge in [-0.05, 0) is 24.3 Å². The molecule has 0 unspecified atom stereocenters. The first kappa shape index (κ1) is 7.73. The summed E-state index contributed by atoms with van der Waals surface area (Å²) in [6, 6.07) is 9.29. The number of nitrogens with one attached hydrogen (secondary N) is 1. The van der Waals surface area contributed by atoms with E-state index in [2.05, 4.69) is 10.3 Å². The zero-order valence-corrected chi connectivity index (χ0v) is 6.82. The van der Waals surface area contributed by atoms with Crippen LogP contribution in [0.2, 0.25) is 0 Å². The summed E-state index contributed by atoms with van der Waals surface area (Å²) in [5.41, 5.74) is 1.60. The average molecular weight is 171 g/mol. The lowest BCUT2D eigenvalue weighted by atomic mass is 10.2. The van der Waals surface area contributed by atoms with Gasteiger partial charge in [0.1, 0.15) is 0 Å². The van der Waals surface area contributed by atoms with Crippen molar-refractivity contribution in [3.8, 4) is 0 Å². The number of carbonyl (C=O) groups excluding carboxylic acids is 1. The van der Waals surface area contributed by atoms with E-state index in [1.807, 2.05) is 30.3 Å². The maximum Gasteiger partial charge on any atom is 0.314 e. The van der Waals surface area contributed by atoms with Gasteiger partial charge in [0, 0.05) is 11.6 Å². The Morgan fingerprint density at radius 3 is 3.00 bits per heavy atom. The summed E-state index contributed by atoms with van der Waals surface area (Å²) in [4.78, 5) is 14.3.